The summed E-state index contributed by atoms with van der Waals surface area (Å²) in [6.45, 7) is 1.92. The molecule has 0 saturated heterocycles. The quantitative estimate of drug-likeness (QED) is 0.723. The van der Waals surface area contributed by atoms with Gasteiger partial charge in [0.2, 0.25) is 0 Å². The van der Waals surface area contributed by atoms with Gasteiger partial charge >= 0.3 is 0 Å². The highest BCUT2D eigenvalue weighted by atomic mass is 16.1. The van der Waals surface area contributed by atoms with E-state index < -0.39 is 0 Å². The molecular formula is C16H13NO2. The Kier molecular flexibility index (Phi) is 2.49. The Morgan fingerprint density at radius 3 is 1.89 bits per heavy atom. The van der Waals surface area contributed by atoms with Crippen LogP contribution in [0.5, 0.6) is 0 Å². The molecule has 1 N–H and O–H groups in total. The summed E-state index contributed by atoms with van der Waals surface area (Å²) in [6, 6.07) is 10.5. The third-order valence-electron chi connectivity index (χ3n) is 3.54. The predicted octanol–water partition coefficient (Wildman–Crippen LogP) is 2.81. The van der Waals surface area contributed by atoms with Crippen molar-refractivity contribution in [3.63, 3.8) is 0 Å². The molecule has 3 rings (SSSR count). The van der Waals surface area contributed by atoms with Gasteiger partial charge in [0.25, 0.3) is 0 Å². The Hall–Kier alpha value is -2.42. The molecule has 3 nitrogen and oxygen atoms in total. The highest BCUT2D eigenvalue weighted by molar-refractivity contribution is 6.28. The van der Waals surface area contributed by atoms with Crippen LogP contribution in [0, 0.1) is 6.92 Å². The fourth-order valence-electron chi connectivity index (χ4n) is 2.52. The van der Waals surface area contributed by atoms with Crippen molar-refractivity contribution in [3.8, 4) is 0 Å². The molecule has 94 valence electrons. The SMILES string of the molecule is CNc1cc2c(cc1C)C(=O)c1ccccc1C2=O. The first-order chi connectivity index (χ1) is 9.13. The van der Waals surface area contributed by atoms with Gasteiger partial charge < -0.3 is 5.32 Å². The number of nitrogens with one attached hydrogen (secondary N) is 1. The Morgan fingerprint density at radius 2 is 1.37 bits per heavy atom. The summed E-state index contributed by atoms with van der Waals surface area (Å²) >= 11 is 0. The summed E-state index contributed by atoms with van der Waals surface area (Å²) in [5.41, 5.74) is 3.81. The zero-order chi connectivity index (χ0) is 13.6. The summed E-state index contributed by atoms with van der Waals surface area (Å²) in [5.74, 6) is -0.155. The van der Waals surface area contributed by atoms with Gasteiger partial charge in [-0.05, 0) is 24.6 Å². The van der Waals surface area contributed by atoms with Crippen molar-refractivity contribution in [2.24, 2.45) is 0 Å². The lowest BCUT2D eigenvalue weighted by Gasteiger charge is -2.19. The van der Waals surface area contributed by atoms with Gasteiger partial charge in [0.05, 0.1) is 0 Å². The van der Waals surface area contributed by atoms with Crippen LogP contribution in [0.2, 0.25) is 0 Å². The van der Waals surface area contributed by atoms with Crippen LogP contribution in [0.3, 0.4) is 0 Å². The molecule has 19 heavy (non-hydrogen) atoms. The number of rotatable bonds is 1. The van der Waals surface area contributed by atoms with E-state index in [-0.39, 0.29) is 11.6 Å². The molecule has 2 aromatic rings. The standard InChI is InChI=1S/C16H13NO2/c1-9-7-12-13(8-14(9)17-2)16(19)11-6-4-3-5-10(11)15(12)18/h3-8,17H,1-2H3. The molecule has 0 aliphatic heterocycles. The van der Waals surface area contributed by atoms with Gasteiger partial charge in [-0.1, -0.05) is 24.3 Å². The molecule has 0 radical (unpaired) electrons. The first kappa shape index (κ1) is 11.7. The number of benzene rings is 2. The van der Waals surface area contributed by atoms with Crippen LogP contribution in [0.15, 0.2) is 36.4 Å². The zero-order valence-electron chi connectivity index (χ0n) is 10.8. The molecule has 0 bridgehead atoms. The fraction of sp³-hybridized carbons (Fsp3) is 0.125. The van der Waals surface area contributed by atoms with E-state index in [1.807, 2.05) is 6.92 Å². The Morgan fingerprint density at radius 1 is 0.842 bits per heavy atom. The molecule has 0 heterocycles. The average molecular weight is 251 g/mol. The maximum Gasteiger partial charge on any atom is 0.194 e. The highest BCUT2D eigenvalue weighted by Gasteiger charge is 2.29. The van der Waals surface area contributed by atoms with Gasteiger partial charge in [-0.15, -0.1) is 0 Å². The number of ketones is 2. The van der Waals surface area contributed by atoms with Crippen molar-refractivity contribution in [1.82, 2.24) is 0 Å². The molecule has 0 saturated carbocycles. The smallest absolute Gasteiger partial charge is 0.194 e. The Bertz CT molecular complexity index is 717. The molecule has 0 aromatic heterocycles. The molecule has 1 aliphatic rings. The zero-order valence-corrected chi connectivity index (χ0v) is 10.8. The normalized spacial score (nSPS) is 12.9. The van der Waals surface area contributed by atoms with E-state index in [1.54, 1.807) is 43.4 Å². The molecule has 3 heteroatoms. The Balaban J connectivity index is 2.30. The number of aryl methyl sites for hydroxylation is 1. The molecule has 0 spiro atoms. The largest absolute Gasteiger partial charge is 0.388 e. The lowest BCUT2D eigenvalue weighted by molar-refractivity contribution is 0.0979. The topological polar surface area (TPSA) is 46.2 Å². The van der Waals surface area contributed by atoms with Crippen molar-refractivity contribution in [2.45, 2.75) is 6.92 Å². The lowest BCUT2D eigenvalue weighted by Crippen LogP contribution is -2.21. The highest BCUT2D eigenvalue weighted by Crippen LogP contribution is 2.30. The molecule has 0 amide bonds. The Labute approximate surface area is 111 Å². The van der Waals surface area contributed by atoms with Crippen LogP contribution in [-0.2, 0) is 0 Å². The first-order valence-corrected chi connectivity index (χ1v) is 6.14. The number of anilines is 1. The summed E-state index contributed by atoms with van der Waals surface area (Å²) in [4.78, 5) is 24.9. The number of carbonyl (C=O) groups excluding carboxylic acids is 2. The van der Waals surface area contributed by atoms with Crippen LogP contribution in [0.25, 0.3) is 0 Å². The molecule has 1 aliphatic carbocycles. The first-order valence-electron chi connectivity index (χ1n) is 6.14. The number of hydrogen-bond acceptors (Lipinski definition) is 3. The molecule has 0 atom stereocenters. The minimum absolute atomic E-state index is 0.0732. The number of fused-ring (bicyclic) bond motifs is 2. The van der Waals surface area contributed by atoms with E-state index in [4.69, 9.17) is 0 Å². The van der Waals surface area contributed by atoms with E-state index in [2.05, 4.69) is 5.32 Å². The summed E-state index contributed by atoms with van der Waals surface area (Å²) in [7, 11) is 1.80. The van der Waals surface area contributed by atoms with Crippen LogP contribution < -0.4 is 5.32 Å². The molecular weight excluding hydrogens is 238 g/mol. The molecule has 0 unspecified atom stereocenters. The van der Waals surface area contributed by atoms with E-state index >= 15 is 0 Å². The van der Waals surface area contributed by atoms with Crippen LogP contribution in [0.1, 0.15) is 37.4 Å². The van der Waals surface area contributed by atoms with E-state index in [0.717, 1.165) is 11.3 Å². The van der Waals surface area contributed by atoms with Crippen LogP contribution >= 0.6 is 0 Å². The van der Waals surface area contributed by atoms with Crippen molar-refractivity contribution < 1.29 is 9.59 Å². The van der Waals surface area contributed by atoms with Gasteiger partial charge in [0.15, 0.2) is 11.6 Å². The van der Waals surface area contributed by atoms with Gasteiger partial charge in [0, 0.05) is 35.0 Å². The minimum atomic E-state index is -0.0818. The van der Waals surface area contributed by atoms with Gasteiger partial charge in [-0.25, -0.2) is 0 Å². The van der Waals surface area contributed by atoms with E-state index in [9.17, 15) is 9.59 Å². The second-order valence-electron chi connectivity index (χ2n) is 4.67. The van der Waals surface area contributed by atoms with Gasteiger partial charge in [-0.3, -0.25) is 9.59 Å². The second-order valence-corrected chi connectivity index (χ2v) is 4.67. The molecule has 0 fully saturated rings. The van der Waals surface area contributed by atoms with Gasteiger partial charge in [0.1, 0.15) is 0 Å². The number of carbonyl (C=O) groups is 2. The second kappa shape index (κ2) is 4.05. The van der Waals surface area contributed by atoms with Crippen molar-refractivity contribution in [1.29, 1.82) is 0 Å². The summed E-state index contributed by atoms with van der Waals surface area (Å²) in [5, 5.41) is 3.04. The third-order valence-corrected chi connectivity index (χ3v) is 3.54. The van der Waals surface area contributed by atoms with E-state index in [1.165, 1.54) is 0 Å². The monoisotopic (exact) mass is 251 g/mol. The number of hydrogen-bond donors (Lipinski definition) is 1. The van der Waals surface area contributed by atoms with Crippen molar-refractivity contribution in [3.05, 3.63) is 64.2 Å². The molecule has 2 aromatic carbocycles. The average Bonchev–Trinajstić information content (AvgIpc) is 2.44. The van der Waals surface area contributed by atoms with Crippen LogP contribution in [-0.4, -0.2) is 18.6 Å². The predicted molar refractivity (Wildman–Crippen MR) is 74.0 cm³/mol. The van der Waals surface area contributed by atoms with Crippen molar-refractivity contribution in [2.75, 3.05) is 12.4 Å². The lowest BCUT2D eigenvalue weighted by atomic mass is 9.83. The fourth-order valence-corrected chi connectivity index (χ4v) is 2.52. The third kappa shape index (κ3) is 1.58. The maximum absolute atomic E-state index is 12.5. The van der Waals surface area contributed by atoms with E-state index in [0.29, 0.717) is 22.3 Å². The van der Waals surface area contributed by atoms with Crippen molar-refractivity contribution >= 4 is 17.3 Å². The van der Waals surface area contributed by atoms with Gasteiger partial charge in [-0.2, -0.15) is 0 Å². The van der Waals surface area contributed by atoms with Crippen LogP contribution in [0.4, 0.5) is 5.69 Å². The summed E-state index contributed by atoms with van der Waals surface area (Å²) < 4.78 is 0. The maximum atomic E-state index is 12.5. The minimum Gasteiger partial charge on any atom is -0.388 e. The summed E-state index contributed by atoms with van der Waals surface area (Å²) in [6.07, 6.45) is 0.